The van der Waals surface area contributed by atoms with Gasteiger partial charge in [-0.3, -0.25) is 9.59 Å². The van der Waals surface area contributed by atoms with Crippen molar-refractivity contribution in [2.75, 3.05) is 43.0 Å². The van der Waals surface area contributed by atoms with Crippen LogP contribution in [0.5, 0.6) is 0 Å². The molecule has 1 aromatic heterocycles. The SMILES string of the molecule is Nc1cc(NC(=O)c2nc(-c3ccc(C(=O)N4CCCNCC4)cc3)cnc2N)ccc1/C=N/F. The van der Waals surface area contributed by atoms with Gasteiger partial charge in [-0.2, -0.15) is 0 Å². The molecule has 1 aliphatic heterocycles. The molecule has 0 aliphatic carbocycles. The molecule has 0 bridgehead atoms. The van der Waals surface area contributed by atoms with Crippen molar-refractivity contribution in [2.45, 2.75) is 6.42 Å². The molecule has 0 saturated carbocycles. The topological polar surface area (TPSA) is 152 Å². The number of benzene rings is 2. The Morgan fingerprint density at radius 3 is 2.66 bits per heavy atom. The molecule has 0 spiro atoms. The fourth-order valence-corrected chi connectivity index (χ4v) is 3.73. The van der Waals surface area contributed by atoms with Gasteiger partial charge in [-0.15, -0.1) is 0 Å². The molecule has 2 amide bonds. The van der Waals surface area contributed by atoms with Crippen molar-refractivity contribution in [3.8, 4) is 11.3 Å². The summed E-state index contributed by atoms with van der Waals surface area (Å²) >= 11 is 0. The van der Waals surface area contributed by atoms with Gasteiger partial charge in [0.25, 0.3) is 11.8 Å². The number of rotatable bonds is 5. The molecule has 2 heterocycles. The van der Waals surface area contributed by atoms with Crippen LogP contribution in [0.1, 0.15) is 32.8 Å². The first-order valence-electron chi connectivity index (χ1n) is 11.0. The second-order valence-electron chi connectivity index (χ2n) is 7.99. The minimum atomic E-state index is -0.579. The highest BCUT2D eigenvalue weighted by atomic mass is 19.2. The van der Waals surface area contributed by atoms with Gasteiger partial charge in [0.2, 0.25) is 0 Å². The third-order valence-electron chi connectivity index (χ3n) is 5.60. The summed E-state index contributed by atoms with van der Waals surface area (Å²) in [4.78, 5) is 35.9. The molecule has 4 rings (SSSR count). The number of amides is 2. The third-order valence-corrected chi connectivity index (χ3v) is 5.60. The lowest BCUT2D eigenvalue weighted by Crippen LogP contribution is -2.34. The van der Waals surface area contributed by atoms with E-state index in [9.17, 15) is 14.1 Å². The maximum atomic E-state index is 12.8. The molecule has 0 atom stereocenters. The van der Waals surface area contributed by atoms with E-state index in [0.717, 1.165) is 25.7 Å². The van der Waals surface area contributed by atoms with Gasteiger partial charge in [-0.05, 0) is 43.3 Å². The van der Waals surface area contributed by atoms with Crippen molar-refractivity contribution in [1.82, 2.24) is 20.2 Å². The Morgan fingerprint density at radius 2 is 1.91 bits per heavy atom. The van der Waals surface area contributed by atoms with E-state index in [2.05, 4.69) is 25.8 Å². The molecule has 0 radical (unpaired) electrons. The highest BCUT2D eigenvalue weighted by Gasteiger charge is 2.18. The molecule has 2 aromatic carbocycles. The molecule has 35 heavy (non-hydrogen) atoms. The van der Waals surface area contributed by atoms with Crippen LogP contribution in [0.3, 0.4) is 0 Å². The summed E-state index contributed by atoms with van der Waals surface area (Å²) in [5, 5.41) is 8.39. The van der Waals surface area contributed by atoms with E-state index >= 15 is 0 Å². The molecule has 180 valence electrons. The van der Waals surface area contributed by atoms with Crippen molar-refractivity contribution in [1.29, 1.82) is 0 Å². The summed E-state index contributed by atoms with van der Waals surface area (Å²) in [6.45, 7) is 3.06. The van der Waals surface area contributed by atoms with Gasteiger partial charge >= 0.3 is 0 Å². The van der Waals surface area contributed by atoms with Gasteiger partial charge < -0.3 is 27.0 Å². The largest absolute Gasteiger partial charge is 0.398 e. The Labute approximate surface area is 201 Å². The lowest BCUT2D eigenvalue weighted by molar-refractivity contribution is 0.0766. The van der Waals surface area contributed by atoms with E-state index in [4.69, 9.17) is 11.5 Å². The summed E-state index contributed by atoms with van der Waals surface area (Å²) in [7, 11) is 0. The van der Waals surface area contributed by atoms with Crippen LogP contribution in [0.4, 0.5) is 21.7 Å². The molecule has 1 aliphatic rings. The number of halogens is 1. The van der Waals surface area contributed by atoms with Crippen LogP contribution in [-0.2, 0) is 0 Å². The molecule has 11 heteroatoms. The Kier molecular flexibility index (Phi) is 7.27. The van der Waals surface area contributed by atoms with Crippen molar-refractivity contribution >= 4 is 35.2 Å². The third kappa shape index (κ3) is 5.58. The number of nitrogen functional groups attached to an aromatic ring is 2. The minimum Gasteiger partial charge on any atom is -0.398 e. The first-order chi connectivity index (χ1) is 17.0. The Hall–Kier alpha value is -4.38. The molecule has 1 fully saturated rings. The summed E-state index contributed by atoms with van der Waals surface area (Å²) in [5.74, 6) is -0.640. The van der Waals surface area contributed by atoms with E-state index < -0.39 is 5.91 Å². The highest BCUT2D eigenvalue weighted by Crippen LogP contribution is 2.22. The predicted molar refractivity (Wildman–Crippen MR) is 133 cm³/mol. The van der Waals surface area contributed by atoms with Crippen molar-refractivity contribution in [3.63, 3.8) is 0 Å². The smallest absolute Gasteiger partial charge is 0.278 e. The second-order valence-corrected chi connectivity index (χ2v) is 7.99. The predicted octanol–water partition coefficient (Wildman–Crippen LogP) is 2.30. The average Bonchev–Trinajstić information content (AvgIpc) is 3.15. The molecule has 0 unspecified atom stereocenters. The molecule has 1 saturated heterocycles. The van der Waals surface area contributed by atoms with Gasteiger partial charge in [0.05, 0.1) is 18.1 Å². The number of nitrogens with one attached hydrogen (secondary N) is 2. The van der Waals surface area contributed by atoms with Gasteiger partial charge in [0.1, 0.15) is 0 Å². The van der Waals surface area contributed by atoms with Crippen molar-refractivity contribution in [2.24, 2.45) is 5.21 Å². The lowest BCUT2D eigenvalue weighted by atomic mass is 10.1. The first-order valence-corrected chi connectivity index (χ1v) is 11.0. The second kappa shape index (κ2) is 10.7. The van der Waals surface area contributed by atoms with Gasteiger partial charge in [-0.25, -0.2) is 9.97 Å². The molecular formula is C24H25FN8O2. The van der Waals surface area contributed by atoms with Crippen LogP contribution in [0, 0.1) is 0 Å². The maximum absolute atomic E-state index is 12.8. The van der Waals surface area contributed by atoms with E-state index in [1.54, 1.807) is 30.3 Å². The van der Waals surface area contributed by atoms with E-state index in [1.165, 1.54) is 18.3 Å². The van der Waals surface area contributed by atoms with Gasteiger partial charge in [0.15, 0.2) is 11.5 Å². The first kappa shape index (κ1) is 23.8. The number of nitrogens with zero attached hydrogens (tertiary/aromatic N) is 4. The average molecular weight is 477 g/mol. The van der Waals surface area contributed by atoms with Gasteiger partial charge in [0, 0.05) is 47.7 Å². The number of carbonyl (C=O) groups is 2. The number of aromatic nitrogens is 2. The molecule has 3 aromatic rings. The van der Waals surface area contributed by atoms with Crippen LogP contribution >= 0.6 is 0 Å². The normalized spacial score (nSPS) is 14.0. The quantitative estimate of drug-likeness (QED) is 0.326. The highest BCUT2D eigenvalue weighted by molar-refractivity contribution is 6.06. The van der Waals surface area contributed by atoms with Crippen LogP contribution in [0.25, 0.3) is 11.3 Å². The summed E-state index contributed by atoms with van der Waals surface area (Å²) in [6.07, 6.45) is 3.35. The number of hydrogen-bond donors (Lipinski definition) is 4. The molecular weight excluding hydrogens is 451 g/mol. The van der Waals surface area contributed by atoms with Crippen LogP contribution in [0.2, 0.25) is 0 Å². The Balaban J connectivity index is 1.51. The zero-order chi connectivity index (χ0) is 24.8. The summed E-state index contributed by atoms with van der Waals surface area (Å²) < 4.78 is 12.2. The van der Waals surface area contributed by atoms with Gasteiger partial charge in [-0.1, -0.05) is 21.8 Å². The van der Waals surface area contributed by atoms with Crippen molar-refractivity contribution in [3.05, 3.63) is 65.5 Å². The van der Waals surface area contributed by atoms with Crippen molar-refractivity contribution < 1.29 is 14.1 Å². The standard InChI is InChI=1S/C24H25FN8O2/c25-30-13-17-6-7-18(12-19(17)26)31-23(34)21-22(27)29-14-20(32-21)15-2-4-16(5-3-15)24(35)33-10-1-8-28-9-11-33/h2-7,12-14,28H,1,8-11,26H2,(H2,27,29)(H,31,34)/b30-13+. The molecule has 6 N–H and O–H groups in total. The number of hydrogen-bond acceptors (Lipinski definition) is 8. The van der Waals surface area contributed by atoms with Crippen LogP contribution < -0.4 is 22.1 Å². The fraction of sp³-hybridized carbons (Fsp3) is 0.208. The Morgan fingerprint density at radius 1 is 1.11 bits per heavy atom. The lowest BCUT2D eigenvalue weighted by Gasteiger charge is -2.20. The zero-order valence-electron chi connectivity index (χ0n) is 18.9. The number of anilines is 3. The summed E-state index contributed by atoms with van der Waals surface area (Å²) in [6, 6.07) is 11.5. The zero-order valence-corrected chi connectivity index (χ0v) is 18.9. The maximum Gasteiger partial charge on any atom is 0.278 e. The number of nitrogens with two attached hydrogens (primary N) is 2. The minimum absolute atomic E-state index is 0.0215. The monoisotopic (exact) mass is 476 g/mol. The molecule has 10 nitrogen and oxygen atoms in total. The van der Waals surface area contributed by atoms with Crippen LogP contribution in [-0.4, -0.2) is 59.1 Å². The Bertz CT molecular complexity index is 1250. The van der Waals surface area contributed by atoms with Crippen LogP contribution in [0.15, 0.2) is 53.9 Å². The summed E-state index contributed by atoms with van der Waals surface area (Å²) in [5.41, 5.74) is 14.4. The number of carbonyl (C=O) groups excluding carboxylic acids is 2. The van der Waals surface area contributed by atoms with E-state index in [-0.39, 0.29) is 23.1 Å². The fourth-order valence-electron chi connectivity index (χ4n) is 3.73. The van der Waals surface area contributed by atoms with E-state index in [1.807, 2.05) is 4.90 Å². The van der Waals surface area contributed by atoms with E-state index in [0.29, 0.717) is 41.2 Å².